The number of halogens is 1. The Labute approximate surface area is 206 Å². The van der Waals surface area contributed by atoms with Gasteiger partial charge in [-0.25, -0.2) is 9.37 Å². The van der Waals surface area contributed by atoms with Crippen molar-refractivity contribution >= 4 is 39.2 Å². The van der Waals surface area contributed by atoms with Crippen molar-refractivity contribution in [3.8, 4) is 11.3 Å². The molecule has 2 fully saturated rings. The molecule has 35 heavy (non-hydrogen) atoms. The zero-order valence-corrected chi connectivity index (χ0v) is 20.0. The summed E-state index contributed by atoms with van der Waals surface area (Å²) in [7, 11) is 0. The van der Waals surface area contributed by atoms with E-state index < -0.39 is 0 Å². The number of nitrogens with zero attached hydrogens (tertiary/aromatic N) is 4. The van der Waals surface area contributed by atoms with Crippen LogP contribution in [0.1, 0.15) is 17.8 Å². The van der Waals surface area contributed by atoms with E-state index in [4.69, 9.17) is 14.1 Å². The number of fused-ring (bicyclic) bond motifs is 1. The first-order chi connectivity index (χ1) is 17.2. The summed E-state index contributed by atoms with van der Waals surface area (Å²) in [5, 5.41) is 1.77. The molecule has 1 atom stereocenters. The van der Waals surface area contributed by atoms with Crippen LogP contribution in [-0.2, 0) is 16.0 Å². The fraction of sp³-hybridized carbons (Fsp3) is 0.346. The van der Waals surface area contributed by atoms with Crippen LogP contribution >= 0.6 is 11.3 Å². The Bertz CT molecular complexity index is 1310. The van der Waals surface area contributed by atoms with E-state index in [0.717, 1.165) is 64.8 Å². The summed E-state index contributed by atoms with van der Waals surface area (Å²) in [5.41, 5.74) is 3.15. The molecule has 2 aliphatic rings. The lowest BCUT2D eigenvalue weighted by Crippen LogP contribution is -2.37. The Morgan fingerprint density at radius 2 is 1.86 bits per heavy atom. The highest BCUT2D eigenvalue weighted by molar-refractivity contribution is 7.16. The predicted molar refractivity (Wildman–Crippen MR) is 134 cm³/mol. The van der Waals surface area contributed by atoms with Gasteiger partial charge in [-0.05, 0) is 49.2 Å². The van der Waals surface area contributed by atoms with Gasteiger partial charge in [0, 0.05) is 25.2 Å². The number of para-hydroxylation sites is 2. The number of aromatic nitrogens is 2. The van der Waals surface area contributed by atoms with Gasteiger partial charge < -0.3 is 19.0 Å². The van der Waals surface area contributed by atoms with E-state index in [0.29, 0.717) is 19.2 Å². The van der Waals surface area contributed by atoms with Crippen molar-refractivity contribution in [2.45, 2.75) is 25.3 Å². The average Bonchev–Trinajstić information content (AvgIpc) is 3.63. The topological polar surface area (TPSA) is 71.7 Å². The van der Waals surface area contributed by atoms with Crippen LogP contribution in [0.2, 0.25) is 0 Å². The number of ether oxygens (including phenoxy) is 1. The number of Topliss-reactive ketones (excluding diaryl/α,β-unsaturated/α-hetero) is 1. The highest BCUT2D eigenvalue weighted by Crippen LogP contribution is 2.38. The number of benzene rings is 2. The first kappa shape index (κ1) is 22.2. The summed E-state index contributed by atoms with van der Waals surface area (Å²) in [5.74, 6) is -0.175. The molecule has 0 N–H and O–H groups in total. The molecule has 2 aliphatic heterocycles. The Kier molecular flexibility index (Phi) is 5.95. The van der Waals surface area contributed by atoms with Gasteiger partial charge in [0.15, 0.2) is 11.4 Å². The number of thiazole rings is 1. The maximum Gasteiger partial charge on any atom is 0.298 e. The Hall–Kier alpha value is -3.30. The smallest absolute Gasteiger partial charge is 0.298 e. The minimum Gasteiger partial charge on any atom is -0.423 e. The Morgan fingerprint density at radius 3 is 2.66 bits per heavy atom. The van der Waals surface area contributed by atoms with E-state index in [-0.39, 0.29) is 24.1 Å². The minimum absolute atomic E-state index is 0.109. The Morgan fingerprint density at radius 1 is 1.06 bits per heavy atom. The molecule has 0 bridgehead atoms. The molecule has 4 heterocycles. The quantitative estimate of drug-likeness (QED) is 0.386. The molecular formula is C26H25FN4O3S. The molecule has 2 saturated heterocycles. The van der Waals surface area contributed by atoms with Crippen LogP contribution in [0.15, 0.2) is 52.9 Å². The molecule has 4 aromatic rings. The molecule has 0 saturated carbocycles. The molecule has 0 spiro atoms. The maximum absolute atomic E-state index is 13.5. The van der Waals surface area contributed by atoms with Crippen LogP contribution in [0.3, 0.4) is 0 Å². The second-order valence-electron chi connectivity index (χ2n) is 8.83. The number of morpholine rings is 1. The van der Waals surface area contributed by atoms with Gasteiger partial charge in [0.1, 0.15) is 27.0 Å². The highest BCUT2D eigenvalue weighted by atomic mass is 32.1. The molecule has 2 aromatic carbocycles. The normalized spacial score (nSPS) is 18.5. The van der Waals surface area contributed by atoms with E-state index in [1.165, 1.54) is 12.1 Å². The first-order valence-electron chi connectivity index (χ1n) is 11.9. The van der Waals surface area contributed by atoms with E-state index >= 15 is 0 Å². The van der Waals surface area contributed by atoms with E-state index in [2.05, 4.69) is 9.88 Å². The molecule has 7 nitrogen and oxygen atoms in total. The number of carbonyl (C=O) groups is 1. The zero-order chi connectivity index (χ0) is 23.8. The number of carbonyl (C=O) groups excluding carboxylic acids is 1. The summed E-state index contributed by atoms with van der Waals surface area (Å²) in [6.07, 6.45) is 1.92. The van der Waals surface area contributed by atoms with Crippen molar-refractivity contribution in [3.05, 3.63) is 59.4 Å². The lowest BCUT2D eigenvalue weighted by molar-refractivity contribution is -0.119. The number of anilines is 2. The van der Waals surface area contributed by atoms with Crippen molar-refractivity contribution < 1.29 is 18.3 Å². The van der Waals surface area contributed by atoms with Gasteiger partial charge in [-0.1, -0.05) is 12.1 Å². The van der Waals surface area contributed by atoms with Gasteiger partial charge in [0.2, 0.25) is 0 Å². The molecule has 6 rings (SSSR count). The number of ketones is 1. The van der Waals surface area contributed by atoms with E-state index in [9.17, 15) is 9.18 Å². The third-order valence-electron chi connectivity index (χ3n) is 6.55. The number of oxazole rings is 1. The molecule has 2 aromatic heterocycles. The number of hydrogen-bond donors (Lipinski definition) is 0. The van der Waals surface area contributed by atoms with Gasteiger partial charge in [0.05, 0.1) is 25.7 Å². The standard InChI is InChI=1S/C26H25FN4O3S/c27-18-9-7-17(8-10-18)24-25(30-12-14-33-15-13-30)35-23(29-24)16-21(32)20-5-3-11-31(20)26-28-19-4-1-2-6-22(19)34-26/h1-2,4,6-10,20H,3,5,11-16H2/t20-/m0/s1. The van der Waals surface area contributed by atoms with Gasteiger partial charge in [-0.3, -0.25) is 4.79 Å². The summed E-state index contributed by atoms with van der Waals surface area (Å²) in [6, 6.07) is 14.2. The second kappa shape index (κ2) is 9.39. The van der Waals surface area contributed by atoms with Crippen LogP contribution in [0.4, 0.5) is 15.4 Å². The van der Waals surface area contributed by atoms with E-state index in [1.54, 1.807) is 23.5 Å². The molecule has 0 aliphatic carbocycles. The Balaban J connectivity index is 1.27. The molecular weight excluding hydrogens is 467 g/mol. The number of hydrogen-bond acceptors (Lipinski definition) is 8. The van der Waals surface area contributed by atoms with Gasteiger partial charge >= 0.3 is 0 Å². The highest BCUT2D eigenvalue weighted by Gasteiger charge is 2.34. The predicted octanol–water partition coefficient (Wildman–Crippen LogP) is 4.71. The molecule has 9 heteroatoms. The average molecular weight is 493 g/mol. The van der Waals surface area contributed by atoms with Crippen molar-refractivity contribution in [1.82, 2.24) is 9.97 Å². The SMILES string of the molecule is O=C(Cc1nc(-c2ccc(F)cc2)c(N2CCOCC2)s1)[C@@H]1CCCN1c1nc2ccccc2o1. The van der Waals surface area contributed by atoms with Crippen LogP contribution < -0.4 is 9.80 Å². The van der Waals surface area contributed by atoms with Gasteiger partial charge in [0.25, 0.3) is 6.01 Å². The molecule has 180 valence electrons. The van der Waals surface area contributed by atoms with Crippen molar-refractivity contribution in [2.24, 2.45) is 0 Å². The van der Waals surface area contributed by atoms with Crippen molar-refractivity contribution in [1.29, 1.82) is 0 Å². The van der Waals surface area contributed by atoms with Crippen LogP contribution in [0.5, 0.6) is 0 Å². The largest absolute Gasteiger partial charge is 0.423 e. The van der Waals surface area contributed by atoms with E-state index in [1.807, 2.05) is 29.2 Å². The zero-order valence-electron chi connectivity index (χ0n) is 19.2. The van der Waals surface area contributed by atoms with Crippen molar-refractivity contribution in [3.63, 3.8) is 0 Å². The minimum atomic E-state index is -0.284. The second-order valence-corrected chi connectivity index (χ2v) is 9.89. The summed E-state index contributed by atoms with van der Waals surface area (Å²) >= 11 is 1.54. The van der Waals surface area contributed by atoms with Gasteiger partial charge in [-0.15, -0.1) is 11.3 Å². The number of rotatable bonds is 6. The van der Waals surface area contributed by atoms with Gasteiger partial charge in [-0.2, -0.15) is 4.98 Å². The third-order valence-corrected chi connectivity index (χ3v) is 7.66. The van der Waals surface area contributed by atoms with Crippen LogP contribution in [0.25, 0.3) is 22.4 Å². The van der Waals surface area contributed by atoms with Crippen molar-refractivity contribution in [2.75, 3.05) is 42.6 Å². The fourth-order valence-corrected chi connectivity index (χ4v) is 5.93. The lowest BCUT2D eigenvalue weighted by Gasteiger charge is -2.28. The third kappa shape index (κ3) is 4.41. The first-order valence-corrected chi connectivity index (χ1v) is 12.7. The molecule has 0 amide bonds. The fourth-order valence-electron chi connectivity index (χ4n) is 4.79. The summed E-state index contributed by atoms with van der Waals surface area (Å²) in [4.78, 5) is 27.2. The van der Waals surface area contributed by atoms with Crippen LogP contribution in [0, 0.1) is 5.82 Å². The molecule has 0 radical (unpaired) electrons. The molecule has 0 unspecified atom stereocenters. The monoisotopic (exact) mass is 492 g/mol. The summed E-state index contributed by atoms with van der Waals surface area (Å²) < 4.78 is 25.0. The van der Waals surface area contributed by atoms with Crippen LogP contribution in [-0.4, -0.2) is 54.6 Å². The lowest BCUT2D eigenvalue weighted by atomic mass is 10.1. The maximum atomic E-state index is 13.5. The summed E-state index contributed by atoms with van der Waals surface area (Å²) in [6.45, 7) is 3.56.